The van der Waals surface area contributed by atoms with Crippen molar-refractivity contribution in [1.82, 2.24) is 15.2 Å². The fourth-order valence-corrected chi connectivity index (χ4v) is 1.67. The molecule has 1 heterocycles. The van der Waals surface area contributed by atoms with E-state index < -0.39 is 0 Å². The van der Waals surface area contributed by atoms with Crippen molar-refractivity contribution in [2.75, 3.05) is 13.6 Å². The molecule has 6 heteroatoms. The van der Waals surface area contributed by atoms with Gasteiger partial charge in [0.2, 0.25) is 5.91 Å². The molecule has 1 saturated carbocycles. The Morgan fingerprint density at radius 3 is 2.83 bits per heavy atom. The number of aromatic nitrogens is 1. The Morgan fingerprint density at radius 1 is 1.50 bits per heavy atom. The molecule has 1 aromatic rings. The van der Waals surface area contributed by atoms with Gasteiger partial charge in [0, 0.05) is 13.1 Å². The van der Waals surface area contributed by atoms with Crippen LogP contribution < -0.4 is 5.32 Å². The van der Waals surface area contributed by atoms with Crippen molar-refractivity contribution in [2.45, 2.75) is 18.9 Å². The number of hydrogen-bond donors (Lipinski definition) is 1. The summed E-state index contributed by atoms with van der Waals surface area (Å²) >= 11 is 5.72. The normalized spacial score (nSPS) is 14.1. The van der Waals surface area contributed by atoms with Crippen LogP contribution in [-0.4, -0.2) is 41.3 Å². The lowest BCUT2D eigenvalue weighted by Crippen LogP contribution is -2.39. The molecular formula is C12H14ClN3O2. The highest BCUT2D eigenvalue weighted by atomic mass is 35.5. The molecule has 1 fully saturated rings. The van der Waals surface area contributed by atoms with Crippen molar-refractivity contribution in [3.8, 4) is 0 Å². The number of likely N-dealkylation sites (N-methyl/N-ethyl adjacent to an activating group) is 1. The quantitative estimate of drug-likeness (QED) is 0.831. The predicted molar refractivity (Wildman–Crippen MR) is 67.4 cm³/mol. The highest BCUT2D eigenvalue weighted by Gasteiger charge is 2.24. The van der Waals surface area contributed by atoms with Crippen LogP contribution in [0.3, 0.4) is 0 Å². The number of nitrogens with one attached hydrogen (secondary N) is 1. The average Bonchev–Trinajstić information content (AvgIpc) is 3.11. The van der Waals surface area contributed by atoms with Crippen molar-refractivity contribution in [3.05, 3.63) is 29.0 Å². The van der Waals surface area contributed by atoms with Gasteiger partial charge >= 0.3 is 0 Å². The van der Waals surface area contributed by atoms with Crippen LogP contribution in [0.2, 0.25) is 5.15 Å². The first kappa shape index (κ1) is 12.8. The Morgan fingerprint density at radius 2 is 2.22 bits per heavy atom. The summed E-state index contributed by atoms with van der Waals surface area (Å²) in [5.41, 5.74) is 0.240. The zero-order valence-corrected chi connectivity index (χ0v) is 10.8. The molecule has 0 atom stereocenters. The molecule has 0 radical (unpaired) electrons. The summed E-state index contributed by atoms with van der Waals surface area (Å²) in [5.74, 6) is -0.459. The molecule has 18 heavy (non-hydrogen) atoms. The maximum Gasteiger partial charge on any atom is 0.272 e. The molecule has 0 aromatic carbocycles. The van der Waals surface area contributed by atoms with Gasteiger partial charge in [-0.05, 0) is 25.0 Å². The van der Waals surface area contributed by atoms with Gasteiger partial charge in [-0.15, -0.1) is 0 Å². The maximum absolute atomic E-state index is 12.0. The number of pyridine rings is 1. The molecule has 0 saturated heterocycles. The minimum absolute atomic E-state index is 0.0313. The number of rotatable bonds is 4. The lowest BCUT2D eigenvalue weighted by Gasteiger charge is -2.16. The van der Waals surface area contributed by atoms with Crippen molar-refractivity contribution < 1.29 is 9.59 Å². The number of carbonyl (C=O) groups is 2. The number of halogens is 1. The number of hydrogen-bond acceptors (Lipinski definition) is 3. The predicted octanol–water partition coefficient (Wildman–Crippen LogP) is 1.09. The number of amides is 2. The molecular weight excluding hydrogens is 254 g/mol. The molecule has 5 nitrogen and oxygen atoms in total. The Bertz CT molecular complexity index is 474. The number of carbonyl (C=O) groups excluding carboxylic acids is 2. The first-order chi connectivity index (χ1) is 8.56. The fourth-order valence-electron chi connectivity index (χ4n) is 1.51. The lowest BCUT2D eigenvalue weighted by atomic mass is 10.3. The Balaban J connectivity index is 1.93. The van der Waals surface area contributed by atoms with Crippen LogP contribution in [0.15, 0.2) is 18.2 Å². The third kappa shape index (κ3) is 3.43. The smallest absolute Gasteiger partial charge is 0.272 e. The van der Waals surface area contributed by atoms with Crippen LogP contribution in [0.25, 0.3) is 0 Å². The molecule has 2 rings (SSSR count). The molecule has 96 valence electrons. The highest BCUT2D eigenvalue weighted by Crippen LogP contribution is 2.18. The van der Waals surface area contributed by atoms with Crippen molar-refractivity contribution in [1.29, 1.82) is 0 Å². The van der Waals surface area contributed by atoms with E-state index in [-0.39, 0.29) is 29.2 Å². The van der Waals surface area contributed by atoms with E-state index >= 15 is 0 Å². The van der Waals surface area contributed by atoms with E-state index in [0.717, 1.165) is 12.8 Å². The van der Waals surface area contributed by atoms with Gasteiger partial charge in [-0.3, -0.25) is 9.59 Å². The van der Waals surface area contributed by atoms with E-state index in [1.807, 2.05) is 0 Å². The second kappa shape index (κ2) is 5.35. The van der Waals surface area contributed by atoms with E-state index in [4.69, 9.17) is 11.6 Å². The minimum Gasteiger partial charge on any atom is -0.352 e. The summed E-state index contributed by atoms with van der Waals surface area (Å²) in [4.78, 5) is 28.8. The third-order valence-corrected chi connectivity index (χ3v) is 2.81. The highest BCUT2D eigenvalue weighted by molar-refractivity contribution is 6.29. The van der Waals surface area contributed by atoms with Gasteiger partial charge in [-0.1, -0.05) is 17.7 Å². The first-order valence-corrected chi connectivity index (χ1v) is 6.11. The standard InChI is InChI=1S/C12H14ClN3O2/c1-16(7-11(17)14-8-5-6-8)12(18)9-3-2-4-10(13)15-9/h2-4,8H,5-7H2,1H3,(H,14,17). The third-order valence-electron chi connectivity index (χ3n) is 2.60. The number of nitrogens with zero attached hydrogens (tertiary/aromatic N) is 2. The van der Waals surface area contributed by atoms with Crippen LogP contribution in [0.1, 0.15) is 23.3 Å². The van der Waals surface area contributed by atoms with Gasteiger partial charge in [0.25, 0.3) is 5.91 Å². The molecule has 2 amide bonds. The van der Waals surface area contributed by atoms with E-state index in [1.165, 1.54) is 4.90 Å². The summed E-state index contributed by atoms with van der Waals surface area (Å²) < 4.78 is 0. The van der Waals surface area contributed by atoms with Gasteiger partial charge in [-0.25, -0.2) is 4.98 Å². The summed E-state index contributed by atoms with van der Waals surface area (Å²) in [5, 5.41) is 3.08. The van der Waals surface area contributed by atoms with Crippen molar-refractivity contribution in [2.24, 2.45) is 0 Å². The fraction of sp³-hybridized carbons (Fsp3) is 0.417. The summed E-state index contributed by atoms with van der Waals surface area (Å²) in [6.45, 7) is 0.0313. The molecule has 0 bridgehead atoms. The molecule has 1 aliphatic rings. The van der Waals surface area contributed by atoms with Gasteiger partial charge in [-0.2, -0.15) is 0 Å². The monoisotopic (exact) mass is 267 g/mol. The largest absolute Gasteiger partial charge is 0.352 e. The second-order valence-electron chi connectivity index (χ2n) is 4.35. The van der Waals surface area contributed by atoms with Crippen LogP contribution in [0.4, 0.5) is 0 Å². The zero-order chi connectivity index (χ0) is 13.1. The van der Waals surface area contributed by atoms with Gasteiger partial charge in [0.15, 0.2) is 0 Å². The van der Waals surface area contributed by atoms with E-state index in [9.17, 15) is 9.59 Å². The summed E-state index contributed by atoms with van der Waals surface area (Å²) in [6.07, 6.45) is 2.05. The summed E-state index contributed by atoms with van der Waals surface area (Å²) in [7, 11) is 1.57. The first-order valence-electron chi connectivity index (χ1n) is 5.73. The molecule has 1 N–H and O–H groups in total. The Labute approximate surface area is 110 Å². The Hall–Kier alpha value is -1.62. The summed E-state index contributed by atoms with van der Waals surface area (Å²) in [6, 6.07) is 5.12. The molecule has 1 aromatic heterocycles. The minimum atomic E-state index is -0.316. The van der Waals surface area contributed by atoms with Crippen molar-refractivity contribution in [3.63, 3.8) is 0 Å². The van der Waals surface area contributed by atoms with Crippen LogP contribution >= 0.6 is 11.6 Å². The topological polar surface area (TPSA) is 62.3 Å². The molecule has 0 spiro atoms. The zero-order valence-electron chi connectivity index (χ0n) is 10.0. The average molecular weight is 268 g/mol. The maximum atomic E-state index is 12.0. The SMILES string of the molecule is CN(CC(=O)NC1CC1)C(=O)c1cccc(Cl)n1. The van der Waals surface area contributed by atoms with E-state index in [1.54, 1.807) is 25.2 Å². The molecule has 0 unspecified atom stereocenters. The van der Waals surface area contributed by atoms with Gasteiger partial charge < -0.3 is 10.2 Å². The van der Waals surface area contributed by atoms with Crippen LogP contribution in [0.5, 0.6) is 0 Å². The van der Waals surface area contributed by atoms with Crippen LogP contribution in [-0.2, 0) is 4.79 Å². The molecule has 1 aliphatic carbocycles. The van der Waals surface area contributed by atoms with Crippen LogP contribution in [0, 0.1) is 0 Å². The Kier molecular flexibility index (Phi) is 3.81. The van der Waals surface area contributed by atoms with E-state index in [0.29, 0.717) is 6.04 Å². The van der Waals surface area contributed by atoms with Crippen molar-refractivity contribution >= 4 is 23.4 Å². The van der Waals surface area contributed by atoms with Gasteiger partial charge in [0.05, 0.1) is 6.54 Å². The lowest BCUT2D eigenvalue weighted by molar-refractivity contribution is -0.121. The second-order valence-corrected chi connectivity index (χ2v) is 4.74. The molecule has 0 aliphatic heterocycles. The van der Waals surface area contributed by atoms with Gasteiger partial charge in [0.1, 0.15) is 10.8 Å². The van der Waals surface area contributed by atoms with E-state index in [2.05, 4.69) is 10.3 Å².